The van der Waals surface area contributed by atoms with Gasteiger partial charge in [0.2, 0.25) is 5.91 Å². The molecule has 118 valence electrons. The van der Waals surface area contributed by atoms with Crippen molar-refractivity contribution in [1.82, 2.24) is 10.2 Å². The van der Waals surface area contributed by atoms with Crippen molar-refractivity contribution in [2.75, 3.05) is 39.5 Å². The summed E-state index contributed by atoms with van der Waals surface area (Å²) in [6, 6.07) is 0. The molecule has 1 heterocycles. The minimum absolute atomic E-state index is 0.0175. The molecule has 5 heteroatoms. The molecule has 1 saturated heterocycles. The Balaban J connectivity index is 2.16. The van der Waals surface area contributed by atoms with E-state index in [0.29, 0.717) is 19.8 Å². The fraction of sp³-hybridized carbons (Fsp3) is 0.933. The highest BCUT2D eigenvalue weighted by molar-refractivity contribution is 5.78. The van der Waals surface area contributed by atoms with Crippen LogP contribution in [0.5, 0.6) is 0 Å². The van der Waals surface area contributed by atoms with Crippen LogP contribution in [-0.4, -0.2) is 61.9 Å². The number of nitrogens with zero attached hydrogens (tertiary/aromatic N) is 1. The number of hydrogen-bond acceptors (Lipinski definition) is 4. The van der Waals surface area contributed by atoms with Crippen LogP contribution in [0.15, 0.2) is 0 Å². The maximum atomic E-state index is 12.1. The van der Waals surface area contributed by atoms with Gasteiger partial charge in [-0.15, -0.1) is 0 Å². The predicted molar refractivity (Wildman–Crippen MR) is 79.8 cm³/mol. The van der Waals surface area contributed by atoms with Crippen LogP contribution in [0.2, 0.25) is 0 Å². The van der Waals surface area contributed by atoms with E-state index in [2.05, 4.69) is 26.1 Å². The van der Waals surface area contributed by atoms with Crippen molar-refractivity contribution in [2.24, 2.45) is 0 Å². The Bertz CT molecular complexity index is 281. The van der Waals surface area contributed by atoms with Crippen molar-refractivity contribution < 1.29 is 14.3 Å². The lowest BCUT2D eigenvalue weighted by atomic mass is 10.1. The maximum Gasteiger partial charge on any atom is 0.236 e. The summed E-state index contributed by atoms with van der Waals surface area (Å²) < 4.78 is 11.0. The Labute approximate surface area is 123 Å². The molecule has 1 fully saturated rings. The second-order valence-corrected chi connectivity index (χ2v) is 6.25. The second-order valence-electron chi connectivity index (χ2n) is 6.25. The van der Waals surface area contributed by atoms with E-state index in [4.69, 9.17) is 9.47 Å². The van der Waals surface area contributed by atoms with Crippen molar-refractivity contribution in [3.63, 3.8) is 0 Å². The summed E-state index contributed by atoms with van der Waals surface area (Å²) in [6.45, 7) is 12.2. The van der Waals surface area contributed by atoms with Crippen molar-refractivity contribution >= 4 is 5.91 Å². The number of ether oxygens (including phenoxy) is 2. The van der Waals surface area contributed by atoms with Crippen LogP contribution in [0.25, 0.3) is 0 Å². The first-order chi connectivity index (χ1) is 9.42. The zero-order chi connectivity index (χ0) is 15.0. The number of rotatable bonds is 7. The summed E-state index contributed by atoms with van der Waals surface area (Å²) in [5, 5.41) is 3.24. The fourth-order valence-electron chi connectivity index (χ4n) is 2.14. The van der Waals surface area contributed by atoms with Crippen LogP contribution in [0.3, 0.4) is 0 Å². The average Bonchev–Trinajstić information content (AvgIpc) is 2.41. The summed E-state index contributed by atoms with van der Waals surface area (Å²) in [7, 11) is 0. The SMILES string of the molecule is CCOCCOC1CCN(C(=O)CNC(C)(C)C)CC1. The van der Waals surface area contributed by atoms with E-state index >= 15 is 0 Å². The largest absolute Gasteiger partial charge is 0.379 e. The van der Waals surface area contributed by atoms with Gasteiger partial charge in [-0.05, 0) is 40.5 Å². The minimum atomic E-state index is -0.0175. The van der Waals surface area contributed by atoms with Crippen LogP contribution >= 0.6 is 0 Å². The molecule has 0 bridgehead atoms. The van der Waals surface area contributed by atoms with E-state index in [0.717, 1.165) is 32.5 Å². The number of amides is 1. The smallest absolute Gasteiger partial charge is 0.236 e. The third-order valence-electron chi connectivity index (χ3n) is 3.35. The maximum absolute atomic E-state index is 12.1. The van der Waals surface area contributed by atoms with E-state index in [1.165, 1.54) is 0 Å². The molecule has 1 aliphatic heterocycles. The van der Waals surface area contributed by atoms with Gasteiger partial charge in [0.15, 0.2) is 0 Å². The van der Waals surface area contributed by atoms with E-state index < -0.39 is 0 Å². The number of nitrogens with one attached hydrogen (secondary N) is 1. The number of carbonyl (C=O) groups is 1. The predicted octanol–water partition coefficient (Wildman–Crippen LogP) is 1.42. The first kappa shape index (κ1) is 17.4. The number of likely N-dealkylation sites (tertiary alicyclic amines) is 1. The molecule has 0 saturated carbocycles. The first-order valence-electron chi connectivity index (χ1n) is 7.64. The van der Waals surface area contributed by atoms with Crippen LogP contribution in [0, 0.1) is 0 Å². The summed E-state index contributed by atoms with van der Waals surface area (Å²) in [5.41, 5.74) is -0.0175. The lowest BCUT2D eigenvalue weighted by Crippen LogP contribution is -2.48. The van der Waals surface area contributed by atoms with Crippen LogP contribution in [0.1, 0.15) is 40.5 Å². The molecule has 1 amide bonds. The number of carbonyl (C=O) groups excluding carboxylic acids is 1. The summed E-state index contributed by atoms with van der Waals surface area (Å²) in [6.07, 6.45) is 2.12. The molecular weight excluding hydrogens is 256 g/mol. The van der Waals surface area contributed by atoms with Gasteiger partial charge in [-0.2, -0.15) is 0 Å². The van der Waals surface area contributed by atoms with Crippen molar-refractivity contribution in [3.05, 3.63) is 0 Å². The fourth-order valence-corrected chi connectivity index (χ4v) is 2.14. The molecule has 0 spiro atoms. The van der Waals surface area contributed by atoms with Gasteiger partial charge in [-0.1, -0.05) is 0 Å². The topological polar surface area (TPSA) is 50.8 Å². The number of piperidine rings is 1. The van der Waals surface area contributed by atoms with Crippen LogP contribution in [0.4, 0.5) is 0 Å². The van der Waals surface area contributed by atoms with Gasteiger partial charge in [0, 0.05) is 25.2 Å². The van der Waals surface area contributed by atoms with Crippen molar-refractivity contribution in [2.45, 2.75) is 52.2 Å². The Morgan fingerprint density at radius 3 is 2.45 bits per heavy atom. The Kier molecular flexibility index (Phi) is 7.48. The van der Waals surface area contributed by atoms with Gasteiger partial charge in [0.05, 0.1) is 25.9 Å². The van der Waals surface area contributed by atoms with Crippen LogP contribution < -0.4 is 5.32 Å². The van der Waals surface area contributed by atoms with Crippen LogP contribution in [-0.2, 0) is 14.3 Å². The zero-order valence-corrected chi connectivity index (χ0v) is 13.4. The second kappa shape index (κ2) is 8.60. The molecule has 0 aromatic rings. The Morgan fingerprint density at radius 2 is 1.90 bits per heavy atom. The van der Waals surface area contributed by atoms with E-state index in [-0.39, 0.29) is 17.6 Å². The number of hydrogen-bond donors (Lipinski definition) is 1. The summed E-state index contributed by atoms with van der Waals surface area (Å²) >= 11 is 0. The lowest BCUT2D eigenvalue weighted by Gasteiger charge is -2.33. The first-order valence-corrected chi connectivity index (χ1v) is 7.64. The molecule has 20 heavy (non-hydrogen) atoms. The quantitative estimate of drug-likeness (QED) is 0.719. The molecule has 1 rings (SSSR count). The third kappa shape index (κ3) is 7.22. The van der Waals surface area contributed by atoms with Gasteiger partial charge < -0.3 is 19.7 Å². The normalized spacial score (nSPS) is 17.5. The zero-order valence-electron chi connectivity index (χ0n) is 13.4. The van der Waals surface area contributed by atoms with Gasteiger partial charge in [0.1, 0.15) is 0 Å². The highest BCUT2D eigenvalue weighted by Crippen LogP contribution is 2.13. The summed E-state index contributed by atoms with van der Waals surface area (Å²) in [4.78, 5) is 14.0. The van der Waals surface area contributed by atoms with E-state index in [9.17, 15) is 4.79 Å². The van der Waals surface area contributed by atoms with Gasteiger partial charge in [0.25, 0.3) is 0 Å². The van der Waals surface area contributed by atoms with E-state index in [1.54, 1.807) is 0 Å². The average molecular weight is 286 g/mol. The molecule has 0 unspecified atom stereocenters. The molecule has 0 aliphatic carbocycles. The lowest BCUT2D eigenvalue weighted by molar-refractivity contribution is -0.133. The third-order valence-corrected chi connectivity index (χ3v) is 3.35. The van der Waals surface area contributed by atoms with Gasteiger partial charge in [-0.3, -0.25) is 4.79 Å². The molecule has 0 aromatic heterocycles. The minimum Gasteiger partial charge on any atom is -0.379 e. The highest BCUT2D eigenvalue weighted by Gasteiger charge is 2.23. The molecule has 0 radical (unpaired) electrons. The molecule has 1 N–H and O–H groups in total. The Morgan fingerprint density at radius 1 is 1.25 bits per heavy atom. The van der Waals surface area contributed by atoms with Crippen molar-refractivity contribution in [3.8, 4) is 0 Å². The molecular formula is C15H30N2O3. The molecule has 1 aliphatic rings. The summed E-state index contributed by atoms with van der Waals surface area (Å²) in [5.74, 6) is 0.188. The molecule has 0 atom stereocenters. The van der Waals surface area contributed by atoms with Gasteiger partial charge >= 0.3 is 0 Å². The van der Waals surface area contributed by atoms with Crippen molar-refractivity contribution in [1.29, 1.82) is 0 Å². The molecule has 5 nitrogen and oxygen atoms in total. The highest BCUT2D eigenvalue weighted by atomic mass is 16.5. The Hall–Kier alpha value is -0.650. The van der Waals surface area contributed by atoms with E-state index in [1.807, 2.05) is 11.8 Å². The van der Waals surface area contributed by atoms with Gasteiger partial charge in [-0.25, -0.2) is 0 Å². The molecule has 0 aromatic carbocycles. The monoisotopic (exact) mass is 286 g/mol. The standard InChI is InChI=1S/C15H30N2O3/c1-5-19-10-11-20-13-6-8-17(9-7-13)14(18)12-16-15(2,3)4/h13,16H,5-12H2,1-4H3.